The summed E-state index contributed by atoms with van der Waals surface area (Å²) in [5.74, 6) is 0.471. The van der Waals surface area contributed by atoms with Gasteiger partial charge in [0.1, 0.15) is 17.0 Å². The van der Waals surface area contributed by atoms with Gasteiger partial charge in [0.05, 0.1) is 13.7 Å². The van der Waals surface area contributed by atoms with Crippen molar-refractivity contribution in [3.8, 4) is 5.75 Å². The maximum Gasteiger partial charge on any atom is 0.271 e. The quantitative estimate of drug-likeness (QED) is 0.438. The Morgan fingerprint density at radius 2 is 1.71 bits per heavy atom. The van der Waals surface area contributed by atoms with Gasteiger partial charge in [0.15, 0.2) is 0 Å². The Labute approximate surface area is 205 Å². The molecule has 1 N–H and O–H groups in total. The molecule has 35 heavy (non-hydrogen) atoms. The van der Waals surface area contributed by atoms with Gasteiger partial charge in [-0.2, -0.15) is 0 Å². The Bertz CT molecular complexity index is 1380. The smallest absolute Gasteiger partial charge is 0.271 e. The molecule has 6 heteroatoms. The van der Waals surface area contributed by atoms with Gasteiger partial charge in [-0.15, -0.1) is 0 Å². The first kappa shape index (κ1) is 22.7. The van der Waals surface area contributed by atoms with Gasteiger partial charge in [0, 0.05) is 24.0 Å². The third-order valence-corrected chi connectivity index (χ3v) is 6.92. The van der Waals surface area contributed by atoms with E-state index in [4.69, 9.17) is 4.74 Å². The SMILES string of the molecule is COc1ccccc1CCN1C(=O)c2cc3ccccc3n2CC1(C)C(=O)NCc1ccccc1. The maximum absolute atomic E-state index is 13.9. The molecular formula is C29H29N3O3. The number of hydrogen-bond acceptors (Lipinski definition) is 3. The zero-order valence-corrected chi connectivity index (χ0v) is 20.0. The highest BCUT2D eigenvalue weighted by Crippen LogP contribution is 2.33. The number of rotatable bonds is 7. The second-order valence-electron chi connectivity index (χ2n) is 9.14. The molecule has 3 aromatic carbocycles. The molecule has 2 heterocycles. The highest BCUT2D eigenvalue weighted by molar-refractivity contribution is 6.03. The van der Waals surface area contributed by atoms with Gasteiger partial charge in [-0.3, -0.25) is 9.59 Å². The van der Waals surface area contributed by atoms with Crippen LogP contribution in [0.15, 0.2) is 84.9 Å². The van der Waals surface area contributed by atoms with Crippen molar-refractivity contribution in [2.45, 2.75) is 32.0 Å². The van der Waals surface area contributed by atoms with Gasteiger partial charge in [0.2, 0.25) is 5.91 Å². The van der Waals surface area contributed by atoms with Crippen molar-refractivity contribution < 1.29 is 14.3 Å². The van der Waals surface area contributed by atoms with Crippen LogP contribution in [-0.2, 0) is 24.3 Å². The van der Waals surface area contributed by atoms with Gasteiger partial charge in [-0.05, 0) is 42.7 Å². The lowest BCUT2D eigenvalue weighted by Crippen LogP contribution is -2.64. The zero-order valence-electron chi connectivity index (χ0n) is 20.0. The molecule has 4 aromatic rings. The molecule has 1 aromatic heterocycles. The van der Waals surface area contributed by atoms with Crippen molar-refractivity contribution in [3.63, 3.8) is 0 Å². The maximum atomic E-state index is 13.9. The summed E-state index contributed by atoms with van der Waals surface area (Å²) in [7, 11) is 1.64. The Morgan fingerprint density at radius 1 is 1.00 bits per heavy atom. The van der Waals surface area contributed by atoms with Crippen LogP contribution in [0, 0.1) is 0 Å². The standard InChI is InChI=1S/C29H29N3O3/c1-29(28(34)30-19-21-10-4-3-5-11-21)20-31-24-14-8-6-13-23(24)18-25(31)27(33)32(29)17-16-22-12-7-9-15-26(22)35-2/h3-15,18H,16-17,19-20H2,1-2H3,(H,30,34). The number of nitrogens with one attached hydrogen (secondary N) is 1. The molecular weight excluding hydrogens is 438 g/mol. The summed E-state index contributed by atoms with van der Waals surface area (Å²) in [6, 6.07) is 27.4. The van der Waals surface area contributed by atoms with E-state index in [0.717, 1.165) is 27.8 Å². The first-order chi connectivity index (χ1) is 17.0. The highest BCUT2D eigenvalue weighted by atomic mass is 16.5. The predicted molar refractivity (Wildman–Crippen MR) is 136 cm³/mol. The van der Waals surface area contributed by atoms with Crippen LogP contribution in [0.1, 0.15) is 28.5 Å². The molecule has 6 nitrogen and oxygen atoms in total. The van der Waals surface area contributed by atoms with E-state index in [0.29, 0.717) is 31.7 Å². The average molecular weight is 468 g/mol. The van der Waals surface area contributed by atoms with Crippen LogP contribution >= 0.6 is 0 Å². The molecule has 5 rings (SSSR count). The number of para-hydroxylation sites is 2. The first-order valence-corrected chi connectivity index (χ1v) is 11.9. The summed E-state index contributed by atoms with van der Waals surface area (Å²) < 4.78 is 7.49. The van der Waals surface area contributed by atoms with Gasteiger partial charge in [0.25, 0.3) is 5.91 Å². The third kappa shape index (κ3) is 4.16. The van der Waals surface area contributed by atoms with Crippen LogP contribution in [-0.4, -0.2) is 40.5 Å². The summed E-state index contributed by atoms with van der Waals surface area (Å²) in [5, 5.41) is 4.08. The molecule has 0 spiro atoms. The van der Waals surface area contributed by atoms with Crippen molar-refractivity contribution >= 4 is 22.7 Å². The van der Waals surface area contributed by atoms with Gasteiger partial charge < -0.3 is 19.5 Å². The number of aromatic nitrogens is 1. The topological polar surface area (TPSA) is 63.6 Å². The molecule has 0 saturated heterocycles. The fourth-order valence-corrected chi connectivity index (χ4v) is 4.97. The molecule has 0 saturated carbocycles. The van der Waals surface area contributed by atoms with Crippen LogP contribution in [0.5, 0.6) is 5.75 Å². The second-order valence-corrected chi connectivity index (χ2v) is 9.14. The number of carbonyl (C=O) groups excluding carboxylic acids is 2. The second kappa shape index (κ2) is 9.29. The average Bonchev–Trinajstić information content (AvgIpc) is 3.26. The number of methoxy groups -OCH3 is 1. The van der Waals surface area contributed by atoms with E-state index in [1.54, 1.807) is 12.0 Å². The van der Waals surface area contributed by atoms with E-state index in [2.05, 4.69) is 5.32 Å². The lowest BCUT2D eigenvalue weighted by Gasteiger charge is -2.44. The summed E-state index contributed by atoms with van der Waals surface area (Å²) in [5.41, 5.74) is 2.53. The molecule has 1 aliphatic heterocycles. The molecule has 0 fully saturated rings. The molecule has 0 aliphatic carbocycles. The van der Waals surface area contributed by atoms with Crippen LogP contribution in [0.4, 0.5) is 0 Å². The van der Waals surface area contributed by atoms with Crippen LogP contribution in [0.3, 0.4) is 0 Å². The number of benzene rings is 3. The molecule has 1 aliphatic rings. The first-order valence-electron chi connectivity index (χ1n) is 11.9. The number of carbonyl (C=O) groups is 2. The lowest BCUT2D eigenvalue weighted by molar-refractivity contribution is -0.133. The van der Waals surface area contributed by atoms with E-state index in [9.17, 15) is 9.59 Å². The fourth-order valence-electron chi connectivity index (χ4n) is 4.97. The summed E-state index contributed by atoms with van der Waals surface area (Å²) in [4.78, 5) is 29.3. The number of hydrogen-bond donors (Lipinski definition) is 1. The van der Waals surface area contributed by atoms with Crippen molar-refractivity contribution in [1.82, 2.24) is 14.8 Å². The van der Waals surface area contributed by atoms with Gasteiger partial charge >= 0.3 is 0 Å². The van der Waals surface area contributed by atoms with Crippen molar-refractivity contribution in [2.75, 3.05) is 13.7 Å². The van der Waals surface area contributed by atoms with Gasteiger partial charge in [-0.1, -0.05) is 66.7 Å². The van der Waals surface area contributed by atoms with Crippen LogP contribution in [0.2, 0.25) is 0 Å². The number of fused-ring (bicyclic) bond motifs is 3. The third-order valence-electron chi connectivity index (χ3n) is 6.92. The number of ether oxygens (including phenoxy) is 1. The van der Waals surface area contributed by atoms with Crippen molar-refractivity contribution in [2.24, 2.45) is 0 Å². The Balaban J connectivity index is 1.49. The largest absolute Gasteiger partial charge is 0.496 e. The number of nitrogens with zero attached hydrogens (tertiary/aromatic N) is 2. The summed E-state index contributed by atoms with van der Waals surface area (Å²) in [6.45, 7) is 3.05. The molecule has 1 atom stereocenters. The van der Waals surface area contributed by atoms with E-state index in [-0.39, 0.29) is 11.8 Å². The molecule has 0 radical (unpaired) electrons. The molecule has 1 unspecified atom stereocenters. The van der Waals surface area contributed by atoms with E-state index < -0.39 is 5.54 Å². The highest BCUT2D eigenvalue weighted by Gasteiger charge is 2.47. The minimum atomic E-state index is -1.05. The lowest BCUT2D eigenvalue weighted by atomic mass is 9.93. The van der Waals surface area contributed by atoms with E-state index >= 15 is 0 Å². The minimum Gasteiger partial charge on any atom is -0.496 e. The van der Waals surface area contributed by atoms with Gasteiger partial charge in [-0.25, -0.2) is 0 Å². The molecule has 0 bridgehead atoms. The van der Waals surface area contributed by atoms with E-state index in [1.165, 1.54) is 0 Å². The summed E-state index contributed by atoms with van der Waals surface area (Å²) in [6.07, 6.45) is 0.581. The predicted octanol–water partition coefficient (Wildman–Crippen LogP) is 4.42. The number of amides is 2. The monoisotopic (exact) mass is 467 g/mol. The summed E-state index contributed by atoms with van der Waals surface area (Å²) >= 11 is 0. The Hall–Kier alpha value is -4.06. The molecule has 178 valence electrons. The Kier molecular flexibility index (Phi) is 6.03. The fraction of sp³-hybridized carbons (Fsp3) is 0.241. The Morgan fingerprint density at radius 3 is 2.51 bits per heavy atom. The molecule has 2 amide bonds. The normalized spacial score (nSPS) is 17.3. The van der Waals surface area contributed by atoms with Crippen molar-refractivity contribution in [1.29, 1.82) is 0 Å². The van der Waals surface area contributed by atoms with Crippen LogP contribution in [0.25, 0.3) is 10.9 Å². The minimum absolute atomic E-state index is 0.139. The van der Waals surface area contributed by atoms with Crippen molar-refractivity contribution in [3.05, 3.63) is 102 Å². The van der Waals surface area contributed by atoms with Crippen LogP contribution < -0.4 is 10.1 Å². The zero-order chi connectivity index (χ0) is 24.4. The van der Waals surface area contributed by atoms with E-state index in [1.807, 2.05) is 96.4 Å².